The van der Waals surface area contributed by atoms with E-state index in [2.05, 4.69) is 10.6 Å². The molecule has 0 bridgehead atoms. The largest absolute Gasteiger partial charge is 0.384 e. The van der Waals surface area contributed by atoms with Crippen molar-refractivity contribution in [2.75, 3.05) is 17.2 Å². The molecule has 2 aromatic rings. The highest BCUT2D eigenvalue weighted by Crippen LogP contribution is 2.19. The van der Waals surface area contributed by atoms with Crippen molar-refractivity contribution in [3.05, 3.63) is 58.3 Å². The van der Waals surface area contributed by atoms with E-state index >= 15 is 0 Å². The molecule has 0 saturated carbocycles. The van der Waals surface area contributed by atoms with E-state index in [9.17, 15) is 9.18 Å². The number of anilines is 2. The molecule has 0 fully saturated rings. The van der Waals surface area contributed by atoms with E-state index in [-0.39, 0.29) is 17.4 Å². The fourth-order valence-electron chi connectivity index (χ4n) is 1.72. The Hall–Kier alpha value is -1.78. The van der Waals surface area contributed by atoms with Crippen LogP contribution in [0.15, 0.2) is 42.5 Å². The van der Waals surface area contributed by atoms with Crippen molar-refractivity contribution >= 4 is 40.5 Å². The molecule has 0 aliphatic heterocycles. The van der Waals surface area contributed by atoms with Crippen LogP contribution in [-0.4, -0.2) is 12.5 Å². The van der Waals surface area contributed by atoms with Gasteiger partial charge in [0, 0.05) is 29.4 Å². The van der Waals surface area contributed by atoms with Crippen molar-refractivity contribution in [3.63, 3.8) is 0 Å². The third-order valence-electron chi connectivity index (χ3n) is 2.71. The number of hydrogen-bond donors (Lipinski definition) is 2. The summed E-state index contributed by atoms with van der Waals surface area (Å²) < 4.78 is 13.0. The Morgan fingerprint density at radius 2 is 1.90 bits per heavy atom. The van der Waals surface area contributed by atoms with Crippen LogP contribution in [0.4, 0.5) is 15.8 Å². The topological polar surface area (TPSA) is 41.1 Å². The number of benzene rings is 2. The average molecular weight is 327 g/mol. The molecule has 0 heterocycles. The Labute approximate surface area is 132 Å². The zero-order chi connectivity index (χ0) is 15.2. The van der Waals surface area contributed by atoms with Gasteiger partial charge in [0.25, 0.3) is 0 Å². The van der Waals surface area contributed by atoms with Gasteiger partial charge in [-0.05, 0) is 36.4 Å². The highest BCUT2D eigenvalue weighted by Gasteiger charge is 2.05. The minimum Gasteiger partial charge on any atom is -0.384 e. The van der Waals surface area contributed by atoms with Crippen LogP contribution in [0.25, 0.3) is 0 Å². The molecule has 2 aromatic carbocycles. The van der Waals surface area contributed by atoms with Gasteiger partial charge in [0.15, 0.2) is 0 Å². The van der Waals surface area contributed by atoms with Gasteiger partial charge in [-0.15, -0.1) is 0 Å². The highest BCUT2D eigenvalue weighted by atomic mass is 35.5. The quantitative estimate of drug-likeness (QED) is 0.844. The van der Waals surface area contributed by atoms with E-state index in [0.717, 1.165) is 5.69 Å². The summed E-state index contributed by atoms with van der Waals surface area (Å²) in [5.74, 6) is -0.704. The van der Waals surface area contributed by atoms with Crippen LogP contribution < -0.4 is 10.6 Å². The second-order valence-electron chi connectivity index (χ2n) is 4.36. The third-order valence-corrected chi connectivity index (χ3v) is 3.23. The predicted octanol–water partition coefficient (Wildman–Crippen LogP) is 4.57. The molecule has 0 spiro atoms. The minimum atomic E-state index is -0.516. The summed E-state index contributed by atoms with van der Waals surface area (Å²) in [5.41, 5.74) is 1.31. The number of rotatable bonds is 5. The number of carbonyl (C=O) groups is 1. The molecule has 0 aliphatic carbocycles. The summed E-state index contributed by atoms with van der Waals surface area (Å²) in [7, 11) is 0. The monoisotopic (exact) mass is 326 g/mol. The summed E-state index contributed by atoms with van der Waals surface area (Å²) in [6.45, 7) is 0.459. The normalized spacial score (nSPS) is 10.2. The van der Waals surface area contributed by atoms with Gasteiger partial charge in [0.05, 0.1) is 5.02 Å². The molecule has 3 nitrogen and oxygen atoms in total. The van der Waals surface area contributed by atoms with Gasteiger partial charge in [0.1, 0.15) is 5.82 Å². The summed E-state index contributed by atoms with van der Waals surface area (Å²) in [4.78, 5) is 11.8. The molecule has 2 rings (SSSR count). The van der Waals surface area contributed by atoms with Crippen LogP contribution in [0, 0.1) is 5.82 Å². The zero-order valence-corrected chi connectivity index (χ0v) is 12.5. The Balaban J connectivity index is 1.81. The van der Waals surface area contributed by atoms with Gasteiger partial charge in [-0.3, -0.25) is 4.79 Å². The first-order valence-electron chi connectivity index (χ1n) is 6.29. The smallest absolute Gasteiger partial charge is 0.226 e. The van der Waals surface area contributed by atoms with Crippen molar-refractivity contribution in [3.8, 4) is 0 Å². The molecule has 2 N–H and O–H groups in total. The van der Waals surface area contributed by atoms with Crippen LogP contribution in [0.5, 0.6) is 0 Å². The van der Waals surface area contributed by atoms with E-state index < -0.39 is 5.82 Å². The number of hydrogen-bond acceptors (Lipinski definition) is 2. The van der Waals surface area contributed by atoms with Gasteiger partial charge in [-0.1, -0.05) is 29.3 Å². The molecule has 0 aliphatic rings. The first-order chi connectivity index (χ1) is 10.0. The summed E-state index contributed by atoms with van der Waals surface area (Å²) in [6.07, 6.45) is 0.265. The van der Waals surface area contributed by atoms with Crippen LogP contribution in [-0.2, 0) is 4.79 Å². The molecule has 0 unspecified atom stereocenters. The Morgan fingerprint density at radius 3 is 2.62 bits per heavy atom. The second-order valence-corrected chi connectivity index (χ2v) is 5.21. The van der Waals surface area contributed by atoms with Crippen molar-refractivity contribution in [2.24, 2.45) is 0 Å². The van der Waals surface area contributed by atoms with Gasteiger partial charge in [0.2, 0.25) is 5.91 Å². The molecule has 110 valence electrons. The van der Waals surface area contributed by atoms with Crippen LogP contribution in [0.2, 0.25) is 10.0 Å². The zero-order valence-electron chi connectivity index (χ0n) is 11.0. The van der Waals surface area contributed by atoms with Crippen molar-refractivity contribution < 1.29 is 9.18 Å². The molecule has 1 amide bonds. The lowest BCUT2D eigenvalue weighted by atomic mass is 10.3. The standard InChI is InChI=1S/C15H13Cl2FN2O/c16-10-2-1-3-11(8-10)19-7-6-15(21)20-12-4-5-14(18)13(17)9-12/h1-5,8-9,19H,6-7H2,(H,20,21). The van der Waals surface area contributed by atoms with Crippen molar-refractivity contribution in [2.45, 2.75) is 6.42 Å². The number of nitrogens with one attached hydrogen (secondary N) is 2. The maximum absolute atomic E-state index is 13.0. The van der Waals surface area contributed by atoms with E-state index in [1.165, 1.54) is 18.2 Å². The average Bonchev–Trinajstić information content (AvgIpc) is 2.43. The van der Waals surface area contributed by atoms with Gasteiger partial charge < -0.3 is 10.6 Å². The van der Waals surface area contributed by atoms with Crippen LogP contribution >= 0.6 is 23.2 Å². The first kappa shape index (κ1) is 15.6. The molecule has 0 saturated heterocycles. The lowest BCUT2D eigenvalue weighted by Crippen LogP contribution is -2.16. The summed E-state index contributed by atoms with van der Waals surface area (Å²) in [5, 5.41) is 6.35. The van der Waals surface area contributed by atoms with E-state index in [1.54, 1.807) is 12.1 Å². The van der Waals surface area contributed by atoms with E-state index in [1.807, 2.05) is 12.1 Å². The first-order valence-corrected chi connectivity index (χ1v) is 7.04. The van der Waals surface area contributed by atoms with Crippen LogP contribution in [0.1, 0.15) is 6.42 Å². The third kappa shape index (κ3) is 4.92. The number of carbonyl (C=O) groups excluding carboxylic acids is 1. The molecule has 0 aromatic heterocycles. The highest BCUT2D eigenvalue weighted by molar-refractivity contribution is 6.31. The van der Waals surface area contributed by atoms with E-state index in [4.69, 9.17) is 23.2 Å². The molecule has 6 heteroatoms. The molecule has 0 atom stereocenters. The maximum Gasteiger partial charge on any atom is 0.226 e. The maximum atomic E-state index is 13.0. The Bertz CT molecular complexity index is 649. The van der Waals surface area contributed by atoms with Crippen molar-refractivity contribution in [1.29, 1.82) is 0 Å². The number of amides is 1. The minimum absolute atomic E-state index is 0.0233. The predicted molar refractivity (Wildman–Crippen MR) is 84.6 cm³/mol. The number of halogens is 3. The van der Waals surface area contributed by atoms with Crippen LogP contribution in [0.3, 0.4) is 0 Å². The van der Waals surface area contributed by atoms with Gasteiger partial charge >= 0.3 is 0 Å². The fourth-order valence-corrected chi connectivity index (χ4v) is 2.09. The fraction of sp³-hybridized carbons (Fsp3) is 0.133. The second kappa shape index (κ2) is 7.29. The summed E-state index contributed by atoms with van der Waals surface area (Å²) in [6, 6.07) is 11.3. The molecule has 21 heavy (non-hydrogen) atoms. The lowest BCUT2D eigenvalue weighted by molar-refractivity contribution is -0.115. The molecular weight excluding hydrogens is 314 g/mol. The van der Waals surface area contributed by atoms with E-state index in [0.29, 0.717) is 17.3 Å². The lowest BCUT2D eigenvalue weighted by Gasteiger charge is -2.08. The Morgan fingerprint density at radius 1 is 1.10 bits per heavy atom. The molecular formula is C15H13Cl2FN2O. The summed E-state index contributed by atoms with van der Waals surface area (Å²) >= 11 is 11.5. The van der Waals surface area contributed by atoms with Gasteiger partial charge in [-0.2, -0.15) is 0 Å². The molecule has 0 radical (unpaired) electrons. The van der Waals surface area contributed by atoms with Crippen molar-refractivity contribution in [1.82, 2.24) is 0 Å². The Kier molecular flexibility index (Phi) is 5.42. The van der Waals surface area contributed by atoms with Gasteiger partial charge in [-0.25, -0.2) is 4.39 Å². The SMILES string of the molecule is O=C(CCNc1cccc(Cl)c1)Nc1ccc(F)c(Cl)c1.